The summed E-state index contributed by atoms with van der Waals surface area (Å²) in [5.41, 5.74) is 0. The van der Waals surface area contributed by atoms with E-state index in [1.807, 2.05) is 0 Å². The third-order valence-electron chi connectivity index (χ3n) is 4.47. The highest BCUT2D eigenvalue weighted by Gasteiger charge is 2.28. The molecule has 0 radical (unpaired) electrons. The molecule has 1 amide bonds. The van der Waals surface area contributed by atoms with Crippen LogP contribution in [0, 0.1) is 11.8 Å². The van der Waals surface area contributed by atoms with E-state index in [4.69, 9.17) is 0 Å². The fourth-order valence-electron chi connectivity index (χ4n) is 3.29. The van der Waals surface area contributed by atoms with Crippen LogP contribution in [-0.2, 0) is 4.79 Å². The van der Waals surface area contributed by atoms with Crippen LogP contribution in [0.3, 0.4) is 0 Å². The van der Waals surface area contributed by atoms with Crippen molar-refractivity contribution in [2.75, 3.05) is 6.54 Å². The van der Waals surface area contributed by atoms with Gasteiger partial charge in [0.15, 0.2) is 0 Å². The molecule has 18 heavy (non-hydrogen) atoms. The molecule has 1 heterocycles. The molecule has 4 heteroatoms. The Labute approximate surface area is 117 Å². The van der Waals surface area contributed by atoms with E-state index in [1.165, 1.54) is 25.7 Å². The second-order valence-electron chi connectivity index (χ2n) is 5.92. The second-order valence-corrected chi connectivity index (χ2v) is 5.92. The van der Waals surface area contributed by atoms with Crippen molar-refractivity contribution in [1.82, 2.24) is 10.6 Å². The number of piperidine rings is 1. The summed E-state index contributed by atoms with van der Waals surface area (Å²) in [6.45, 7) is 5.33. The molecule has 1 aliphatic heterocycles. The number of hydrogen-bond acceptors (Lipinski definition) is 2. The molecule has 0 aromatic rings. The van der Waals surface area contributed by atoms with E-state index < -0.39 is 0 Å². The average Bonchev–Trinajstić information content (AvgIpc) is 2.82. The Morgan fingerprint density at radius 2 is 1.94 bits per heavy atom. The lowest BCUT2D eigenvalue weighted by Gasteiger charge is -2.29. The average molecular weight is 275 g/mol. The molecule has 2 aliphatic rings. The molecule has 0 aromatic carbocycles. The van der Waals surface area contributed by atoms with Crippen LogP contribution >= 0.6 is 12.4 Å². The van der Waals surface area contributed by atoms with Crippen molar-refractivity contribution in [2.24, 2.45) is 11.8 Å². The van der Waals surface area contributed by atoms with Crippen molar-refractivity contribution < 1.29 is 4.79 Å². The maximum absolute atomic E-state index is 12.2. The molecule has 2 N–H and O–H groups in total. The summed E-state index contributed by atoms with van der Waals surface area (Å²) in [5, 5.41) is 6.64. The highest BCUT2D eigenvalue weighted by molar-refractivity contribution is 5.85. The number of amides is 1. The number of rotatable bonds is 3. The first kappa shape index (κ1) is 15.8. The van der Waals surface area contributed by atoms with Crippen LogP contribution in [0.15, 0.2) is 0 Å². The lowest BCUT2D eigenvalue weighted by atomic mass is 9.91. The molecule has 1 unspecified atom stereocenters. The van der Waals surface area contributed by atoms with Crippen LogP contribution in [0.5, 0.6) is 0 Å². The molecular formula is C14H27ClN2O. The van der Waals surface area contributed by atoms with E-state index in [9.17, 15) is 4.79 Å². The number of halogens is 1. The van der Waals surface area contributed by atoms with Crippen molar-refractivity contribution in [2.45, 2.75) is 64.5 Å². The monoisotopic (exact) mass is 274 g/mol. The molecule has 2 rings (SSSR count). The maximum atomic E-state index is 12.2. The molecule has 2 fully saturated rings. The zero-order valence-corrected chi connectivity index (χ0v) is 12.4. The largest absolute Gasteiger partial charge is 0.353 e. The first-order valence-electron chi connectivity index (χ1n) is 7.20. The second kappa shape index (κ2) is 7.34. The van der Waals surface area contributed by atoms with Gasteiger partial charge in [0.05, 0.1) is 0 Å². The molecule has 3 atom stereocenters. The first-order valence-corrected chi connectivity index (χ1v) is 7.20. The van der Waals surface area contributed by atoms with Gasteiger partial charge in [-0.2, -0.15) is 0 Å². The molecule has 3 nitrogen and oxygen atoms in total. The predicted molar refractivity (Wildman–Crippen MR) is 77.0 cm³/mol. The number of hydrogen-bond donors (Lipinski definition) is 2. The Balaban J connectivity index is 0.00000162. The van der Waals surface area contributed by atoms with Gasteiger partial charge in [0.25, 0.3) is 0 Å². The van der Waals surface area contributed by atoms with Crippen molar-refractivity contribution in [3.8, 4) is 0 Å². The fraction of sp³-hybridized carbons (Fsp3) is 0.929. The molecule has 0 spiro atoms. The maximum Gasteiger partial charge on any atom is 0.223 e. The van der Waals surface area contributed by atoms with Gasteiger partial charge < -0.3 is 10.6 Å². The van der Waals surface area contributed by atoms with Crippen LogP contribution in [0.1, 0.15) is 52.4 Å². The van der Waals surface area contributed by atoms with Gasteiger partial charge in [-0.25, -0.2) is 0 Å². The summed E-state index contributed by atoms with van der Waals surface area (Å²) in [6.07, 6.45) is 7.26. The summed E-state index contributed by atoms with van der Waals surface area (Å²) in [4.78, 5) is 12.2. The first-order chi connectivity index (χ1) is 8.16. The van der Waals surface area contributed by atoms with E-state index in [0.29, 0.717) is 12.1 Å². The van der Waals surface area contributed by atoms with Gasteiger partial charge in [-0.15, -0.1) is 12.4 Å². The SMILES string of the molecule is CC(NC(=O)[C@H]1CCN[C@@H](C)C1)C1CCCC1.Cl. The topological polar surface area (TPSA) is 41.1 Å². The summed E-state index contributed by atoms with van der Waals surface area (Å²) < 4.78 is 0. The van der Waals surface area contributed by atoms with Crippen LogP contribution < -0.4 is 10.6 Å². The summed E-state index contributed by atoms with van der Waals surface area (Å²) >= 11 is 0. The quantitative estimate of drug-likeness (QED) is 0.830. The zero-order valence-electron chi connectivity index (χ0n) is 11.6. The molecule has 1 aliphatic carbocycles. The van der Waals surface area contributed by atoms with E-state index in [2.05, 4.69) is 24.5 Å². The van der Waals surface area contributed by atoms with Crippen molar-refractivity contribution in [3.05, 3.63) is 0 Å². The summed E-state index contributed by atoms with van der Waals surface area (Å²) in [7, 11) is 0. The fourth-order valence-corrected chi connectivity index (χ4v) is 3.29. The van der Waals surface area contributed by atoms with Crippen LogP contribution in [0.2, 0.25) is 0 Å². The van der Waals surface area contributed by atoms with Crippen LogP contribution in [0.25, 0.3) is 0 Å². The number of carbonyl (C=O) groups is 1. The van der Waals surface area contributed by atoms with Gasteiger partial charge >= 0.3 is 0 Å². The Bertz CT molecular complexity index is 267. The smallest absolute Gasteiger partial charge is 0.223 e. The minimum absolute atomic E-state index is 0. The Morgan fingerprint density at radius 1 is 1.28 bits per heavy atom. The van der Waals surface area contributed by atoms with Gasteiger partial charge in [0.2, 0.25) is 5.91 Å². The third kappa shape index (κ3) is 4.13. The van der Waals surface area contributed by atoms with E-state index >= 15 is 0 Å². The standard InChI is InChI=1S/C14H26N2O.ClH/c1-10-9-13(7-8-15-10)14(17)16-11(2)12-5-3-4-6-12;/h10-13,15H,3-9H2,1-2H3,(H,16,17);1H/t10-,11?,13-;/m0./s1. The van der Waals surface area contributed by atoms with Crippen molar-refractivity contribution >= 4 is 18.3 Å². The molecule has 1 saturated heterocycles. The number of carbonyl (C=O) groups excluding carboxylic acids is 1. The zero-order chi connectivity index (χ0) is 12.3. The summed E-state index contributed by atoms with van der Waals surface area (Å²) in [5.74, 6) is 1.24. The third-order valence-corrected chi connectivity index (χ3v) is 4.47. The molecule has 0 bridgehead atoms. The highest BCUT2D eigenvalue weighted by Crippen LogP contribution is 2.28. The van der Waals surface area contributed by atoms with E-state index in [-0.39, 0.29) is 24.2 Å². The minimum Gasteiger partial charge on any atom is -0.353 e. The van der Waals surface area contributed by atoms with Crippen LogP contribution in [0.4, 0.5) is 0 Å². The van der Waals surface area contributed by atoms with Gasteiger partial charge in [-0.1, -0.05) is 12.8 Å². The molecular weight excluding hydrogens is 248 g/mol. The molecule has 1 saturated carbocycles. The van der Waals surface area contributed by atoms with Crippen LogP contribution in [-0.4, -0.2) is 24.5 Å². The molecule has 106 valence electrons. The molecule has 0 aromatic heterocycles. The van der Waals surface area contributed by atoms with E-state index in [1.54, 1.807) is 0 Å². The predicted octanol–water partition coefficient (Wildman–Crippen LogP) is 2.49. The van der Waals surface area contributed by atoms with Crippen molar-refractivity contribution in [1.29, 1.82) is 0 Å². The van der Waals surface area contributed by atoms with Gasteiger partial charge in [-0.3, -0.25) is 4.79 Å². The Hall–Kier alpha value is -0.280. The lowest BCUT2D eigenvalue weighted by Crippen LogP contribution is -2.46. The highest BCUT2D eigenvalue weighted by atomic mass is 35.5. The minimum atomic E-state index is 0. The Kier molecular flexibility index (Phi) is 6.44. The summed E-state index contributed by atoms with van der Waals surface area (Å²) in [6, 6.07) is 0.858. The van der Waals surface area contributed by atoms with Gasteiger partial charge in [0.1, 0.15) is 0 Å². The normalized spacial score (nSPS) is 30.6. The number of nitrogens with one attached hydrogen (secondary N) is 2. The van der Waals surface area contributed by atoms with E-state index in [0.717, 1.165) is 25.3 Å². The Morgan fingerprint density at radius 3 is 2.56 bits per heavy atom. The van der Waals surface area contributed by atoms with Gasteiger partial charge in [0, 0.05) is 18.0 Å². The van der Waals surface area contributed by atoms with Crippen molar-refractivity contribution in [3.63, 3.8) is 0 Å². The lowest BCUT2D eigenvalue weighted by molar-refractivity contribution is -0.127. The van der Waals surface area contributed by atoms with Gasteiger partial charge in [-0.05, 0) is 52.0 Å².